The summed E-state index contributed by atoms with van der Waals surface area (Å²) in [5, 5.41) is 3.55. The van der Waals surface area contributed by atoms with E-state index in [0.29, 0.717) is 6.04 Å². The lowest BCUT2D eigenvalue weighted by Crippen LogP contribution is -2.34. The summed E-state index contributed by atoms with van der Waals surface area (Å²) in [4.78, 5) is 4.22. The molecule has 2 rings (SSSR count). The lowest BCUT2D eigenvalue weighted by molar-refractivity contribution is 0.276. The quantitative estimate of drug-likeness (QED) is 0.795. The number of piperidine rings is 1. The minimum atomic E-state index is 0.707. The molecule has 17 heavy (non-hydrogen) atoms. The molecular weight excluding hydrogens is 212 g/mol. The molecule has 3 heteroatoms. The first-order chi connectivity index (χ1) is 8.34. The Labute approximate surface area is 104 Å². The summed E-state index contributed by atoms with van der Waals surface area (Å²) in [7, 11) is 0. The molecule has 0 amide bonds. The lowest BCUT2D eigenvalue weighted by atomic mass is 10.0. The molecule has 2 heterocycles. The van der Waals surface area contributed by atoms with E-state index in [0.717, 1.165) is 18.9 Å². The van der Waals surface area contributed by atoms with Gasteiger partial charge in [0.1, 0.15) is 0 Å². The largest absolute Gasteiger partial charge is 0.478 e. The molecule has 0 saturated carbocycles. The van der Waals surface area contributed by atoms with Gasteiger partial charge in [0, 0.05) is 18.3 Å². The molecule has 1 fully saturated rings. The Bertz CT molecular complexity index is 317. The van der Waals surface area contributed by atoms with Gasteiger partial charge in [0.05, 0.1) is 6.61 Å². The van der Waals surface area contributed by atoms with Crippen LogP contribution in [0.2, 0.25) is 0 Å². The zero-order chi connectivity index (χ0) is 11.9. The number of pyridine rings is 1. The van der Waals surface area contributed by atoms with E-state index in [9.17, 15) is 0 Å². The van der Waals surface area contributed by atoms with Crippen LogP contribution in [-0.4, -0.2) is 24.2 Å². The molecule has 1 aliphatic heterocycles. The average Bonchev–Trinajstić information content (AvgIpc) is 2.38. The first-order valence-corrected chi connectivity index (χ1v) is 6.63. The number of rotatable bonds is 5. The van der Waals surface area contributed by atoms with Crippen molar-refractivity contribution in [1.29, 1.82) is 0 Å². The summed E-state index contributed by atoms with van der Waals surface area (Å²) in [6.45, 7) is 3.99. The highest BCUT2D eigenvalue weighted by atomic mass is 16.5. The smallest absolute Gasteiger partial charge is 0.213 e. The minimum absolute atomic E-state index is 0.707. The van der Waals surface area contributed by atoms with Crippen molar-refractivity contribution in [1.82, 2.24) is 10.3 Å². The fourth-order valence-electron chi connectivity index (χ4n) is 2.22. The summed E-state index contributed by atoms with van der Waals surface area (Å²) in [5.41, 5.74) is 1.17. The van der Waals surface area contributed by atoms with Gasteiger partial charge in [-0.1, -0.05) is 12.5 Å². The average molecular weight is 234 g/mol. The van der Waals surface area contributed by atoms with Crippen LogP contribution in [0.3, 0.4) is 0 Å². The number of aromatic nitrogens is 1. The number of nitrogens with one attached hydrogen (secondary N) is 1. The van der Waals surface area contributed by atoms with Crippen LogP contribution in [0.5, 0.6) is 5.88 Å². The number of ether oxygens (including phenoxy) is 1. The van der Waals surface area contributed by atoms with Crippen LogP contribution in [0.4, 0.5) is 0 Å². The molecule has 0 spiro atoms. The van der Waals surface area contributed by atoms with Crippen molar-refractivity contribution in [2.75, 3.05) is 13.2 Å². The van der Waals surface area contributed by atoms with E-state index in [-0.39, 0.29) is 0 Å². The highest BCUT2D eigenvalue weighted by Crippen LogP contribution is 2.12. The van der Waals surface area contributed by atoms with E-state index in [1.54, 1.807) is 0 Å². The van der Waals surface area contributed by atoms with Gasteiger partial charge in [0.2, 0.25) is 5.88 Å². The zero-order valence-corrected chi connectivity index (χ0v) is 10.6. The van der Waals surface area contributed by atoms with E-state index < -0.39 is 0 Å². The maximum atomic E-state index is 5.61. The maximum Gasteiger partial charge on any atom is 0.213 e. The third-order valence-electron chi connectivity index (χ3n) is 3.24. The Balaban J connectivity index is 1.60. The number of hydrogen-bond donors (Lipinski definition) is 1. The molecule has 94 valence electrons. The first kappa shape index (κ1) is 12.4. The maximum absolute atomic E-state index is 5.61. The normalized spacial score (nSPS) is 20.2. The van der Waals surface area contributed by atoms with Crippen molar-refractivity contribution in [3.63, 3.8) is 0 Å². The standard InChI is InChI=1S/C14H22N2O/c1-12-7-8-14(16-11-12)17-10-4-6-13-5-2-3-9-15-13/h7-8,11,13,15H,2-6,9-10H2,1H3. The highest BCUT2D eigenvalue weighted by Gasteiger charge is 2.11. The fourth-order valence-corrected chi connectivity index (χ4v) is 2.22. The highest BCUT2D eigenvalue weighted by molar-refractivity contribution is 5.16. The minimum Gasteiger partial charge on any atom is -0.478 e. The van der Waals surface area contributed by atoms with Crippen molar-refractivity contribution in [2.24, 2.45) is 0 Å². The van der Waals surface area contributed by atoms with Crippen LogP contribution in [0.25, 0.3) is 0 Å². The van der Waals surface area contributed by atoms with Crippen LogP contribution in [0.1, 0.15) is 37.7 Å². The van der Waals surface area contributed by atoms with Gasteiger partial charge in [0.25, 0.3) is 0 Å². The summed E-state index contributed by atoms with van der Waals surface area (Å²) in [6.07, 6.45) is 8.19. The van der Waals surface area contributed by atoms with Gasteiger partial charge in [-0.15, -0.1) is 0 Å². The van der Waals surface area contributed by atoms with Crippen LogP contribution in [0, 0.1) is 6.92 Å². The van der Waals surface area contributed by atoms with Gasteiger partial charge in [-0.25, -0.2) is 4.98 Å². The van der Waals surface area contributed by atoms with Crippen molar-refractivity contribution in [3.8, 4) is 5.88 Å². The second-order valence-corrected chi connectivity index (χ2v) is 4.81. The van der Waals surface area contributed by atoms with Crippen molar-refractivity contribution < 1.29 is 4.74 Å². The fraction of sp³-hybridized carbons (Fsp3) is 0.643. The SMILES string of the molecule is Cc1ccc(OCCCC2CCCCN2)nc1. The molecule has 0 radical (unpaired) electrons. The van der Waals surface area contributed by atoms with Gasteiger partial charge >= 0.3 is 0 Å². The molecule has 1 atom stereocenters. The molecule has 1 saturated heterocycles. The monoisotopic (exact) mass is 234 g/mol. The lowest BCUT2D eigenvalue weighted by Gasteiger charge is -2.23. The second-order valence-electron chi connectivity index (χ2n) is 4.81. The van der Waals surface area contributed by atoms with E-state index in [1.165, 1.54) is 37.8 Å². The summed E-state index contributed by atoms with van der Waals surface area (Å²) in [5.74, 6) is 0.743. The number of aryl methyl sites for hydroxylation is 1. The Morgan fingerprint density at radius 1 is 1.41 bits per heavy atom. The molecule has 0 aromatic carbocycles. The van der Waals surface area contributed by atoms with E-state index >= 15 is 0 Å². The van der Waals surface area contributed by atoms with E-state index in [4.69, 9.17) is 4.74 Å². The molecule has 1 aliphatic rings. The summed E-state index contributed by atoms with van der Waals surface area (Å²) < 4.78 is 5.61. The van der Waals surface area contributed by atoms with Gasteiger partial charge in [-0.2, -0.15) is 0 Å². The first-order valence-electron chi connectivity index (χ1n) is 6.63. The van der Waals surface area contributed by atoms with E-state index in [2.05, 4.69) is 10.3 Å². The molecule has 1 aromatic rings. The predicted octanol–water partition coefficient (Wildman–Crippen LogP) is 2.69. The topological polar surface area (TPSA) is 34.1 Å². The van der Waals surface area contributed by atoms with Gasteiger partial charge in [0.15, 0.2) is 0 Å². The Morgan fingerprint density at radius 3 is 3.06 bits per heavy atom. The molecule has 0 bridgehead atoms. The Kier molecular flexibility index (Phi) is 4.80. The summed E-state index contributed by atoms with van der Waals surface area (Å²) in [6, 6.07) is 4.68. The molecule has 1 N–H and O–H groups in total. The third-order valence-corrected chi connectivity index (χ3v) is 3.24. The van der Waals surface area contributed by atoms with Crippen molar-refractivity contribution in [2.45, 2.75) is 45.1 Å². The zero-order valence-electron chi connectivity index (χ0n) is 10.6. The van der Waals surface area contributed by atoms with Gasteiger partial charge in [-0.3, -0.25) is 0 Å². The van der Waals surface area contributed by atoms with Crippen molar-refractivity contribution in [3.05, 3.63) is 23.9 Å². The molecule has 0 aliphatic carbocycles. The third kappa shape index (κ3) is 4.35. The van der Waals surface area contributed by atoms with Crippen LogP contribution >= 0.6 is 0 Å². The molecule has 1 aromatic heterocycles. The van der Waals surface area contributed by atoms with Gasteiger partial charge in [-0.05, 0) is 44.7 Å². The summed E-state index contributed by atoms with van der Waals surface area (Å²) >= 11 is 0. The Hall–Kier alpha value is -1.09. The number of nitrogens with zero attached hydrogens (tertiary/aromatic N) is 1. The van der Waals surface area contributed by atoms with Crippen LogP contribution in [0.15, 0.2) is 18.3 Å². The second kappa shape index (κ2) is 6.60. The van der Waals surface area contributed by atoms with Gasteiger partial charge < -0.3 is 10.1 Å². The Morgan fingerprint density at radius 2 is 2.35 bits per heavy atom. The molecule has 3 nitrogen and oxygen atoms in total. The van der Waals surface area contributed by atoms with E-state index in [1.807, 2.05) is 25.3 Å². The molecular formula is C14H22N2O. The van der Waals surface area contributed by atoms with Crippen LogP contribution < -0.4 is 10.1 Å². The predicted molar refractivity (Wildman–Crippen MR) is 69.3 cm³/mol. The molecule has 1 unspecified atom stereocenters. The van der Waals surface area contributed by atoms with Crippen molar-refractivity contribution >= 4 is 0 Å². The number of hydrogen-bond acceptors (Lipinski definition) is 3. The van der Waals surface area contributed by atoms with Crippen LogP contribution in [-0.2, 0) is 0 Å².